The summed E-state index contributed by atoms with van der Waals surface area (Å²) in [5, 5.41) is 5.58. The number of halogens is 1. The van der Waals surface area contributed by atoms with Crippen LogP contribution in [0.5, 0.6) is 0 Å². The van der Waals surface area contributed by atoms with Crippen LogP contribution in [0.3, 0.4) is 0 Å². The van der Waals surface area contributed by atoms with E-state index in [1.165, 1.54) is 12.3 Å². The number of anilines is 2. The quantitative estimate of drug-likeness (QED) is 0.907. The van der Waals surface area contributed by atoms with Gasteiger partial charge in [-0.05, 0) is 48.7 Å². The van der Waals surface area contributed by atoms with E-state index in [2.05, 4.69) is 10.6 Å². The molecule has 0 atom stereocenters. The molecule has 0 unspecified atom stereocenters. The van der Waals surface area contributed by atoms with E-state index >= 15 is 0 Å². The first-order valence-corrected chi connectivity index (χ1v) is 6.96. The Kier molecular flexibility index (Phi) is 3.66. The molecule has 0 spiro atoms. The molecule has 0 aliphatic heterocycles. The van der Waals surface area contributed by atoms with E-state index in [-0.39, 0.29) is 28.5 Å². The summed E-state index contributed by atoms with van der Waals surface area (Å²) in [4.78, 5) is 23.7. The van der Waals surface area contributed by atoms with Crippen LogP contribution in [-0.2, 0) is 4.79 Å². The summed E-state index contributed by atoms with van der Waals surface area (Å²) in [5.74, 6) is -0.205. The Morgan fingerprint density at radius 1 is 1.14 bits per heavy atom. The van der Waals surface area contributed by atoms with Crippen LogP contribution in [0.25, 0.3) is 0 Å². The third-order valence-corrected chi connectivity index (χ3v) is 3.49. The molecule has 1 aliphatic carbocycles. The summed E-state index contributed by atoms with van der Waals surface area (Å²) in [6.45, 7) is 0. The van der Waals surface area contributed by atoms with Gasteiger partial charge in [-0.1, -0.05) is 6.07 Å². The molecule has 1 aliphatic rings. The molecule has 108 valence electrons. The Hall–Kier alpha value is -2.27. The number of carbonyl (C=O) groups excluding carboxylic acids is 2. The molecule has 2 aromatic rings. The Morgan fingerprint density at radius 3 is 2.48 bits per heavy atom. The summed E-state index contributed by atoms with van der Waals surface area (Å²) < 4.78 is 4.88. The first-order valence-electron chi connectivity index (χ1n) is 6.59. The van der Waals surface area contributed by atoms with Gasteiger partial charge in [-0.15, -0.1) is 0 Å². The predicted octanol–water partition coefficient (Wildman–Crippen LogP) is 3.53. The second-order valence-electron chi connectivity index (χ2n) is 4.91. The number of nitrogens with one attached hydrogen (secondary N) is 2. The van der Waals surface area contributed by atoms with E-state index in [1.54, 1.807) is 24.3 Å². The zero-order valence-corrected chi connectivity index (χ0v) is 11.8. The fourth-order valence-electron chi connectivity index (χ4n) is 1.92. The maximum absolute atomic E-state index is 12.0. The molecular formula is C15H13ClN2O3. The zero-order chi connectivity index (χ0) is 14.8. The van der Waals surface area contributed by atoms with Gasteiger partial charge < -0.3 is 15.1 Å². The molecule has 0 radical (unpaired) electrons. The molecule has 1 heterocycles. The number of rotatable bonds is 4. The minimum absolute atomic E-state index is 0.0244. The molecule has 0 saturated heterocycles. The molecule has 2 amide bonds. The molecular weight excluding hydrogens is 292 g/mol. The van der Waals surface area contributed by atoms with Gasteiger partial charge in [0, 0.05) is 17.3 Å². The number of hydrogen-bond acceptors (Lipinski definition) is 3. The van der Waals surface area contributed by atoms with Crippen LogP contribution in [-0.4, -0.2) is 11.8 Å². The maximum Gasteiger partial charge on any atom is 0.260 e. The summed E-state index contributed by atoms with van der Waals surface area (Å²) in [7, 11) is 0. The summed E-state index contributed by atoms with van der Waals surface area (Å²) in [6.07, 6.45) is 3.24. The van der Waals surface area contributed by atoms with Gasteiger partial charge in [0.2, 0.25) is 11.1 Å². The second-order valence-corrected chi connectivity index (χ2v) is 5.25. The molecule has 5 nitrogen and oxygen atoms in total. The summed E-state index contributed by atoms with van der Waals surface area (Å²) >= 11 is 5.76. The van der Waals surface area contributed by atoms with E-state index in [0.29, 0.717) is 11.4 Å². The van der Waals surface area contributed by atoms with Gasteiger partial charge in [0.25, 0.3) is 5.91 Å². The molecule has 1 aromatic carbocycles. The van der Waals surface area contributed by atoms with E-state index in [9.17, 15) is 9.59 Å². The average molecular weight is 305 g/mol. The average Bonchev–Trinajstić information content (AvgIpc) is 3.21. The van der Waals surface area contributed by atoms with Crippen molar-refractivity contribution in [1.82, 2.24) is 0 Å². The molecule has 3 rings (SSSR count). The highest BCUT2D eigenvalue weighted by atomic mass is 35.5. The lowest BCUT2D eigenvalue weighted by Crippen LogP contribution is -2.14. The van der Waals surface area contributed by atoms with Crippen molar-refractivity contribution in [3.8, 4) is 0 Å². The van der Waals surface area contributed by atoms with Crippen molar-refractivity contribution in [2.24, 2.45) is 5.92 Å². The highest BCUT2D eigenvalue weighted by molar-refractivity contribution is 6.32. The molecule has 1 saturated carbocycles. The van der Waals surface area contributed by atoms with Crippen LogP contribution in [0.4, 0.5) is 11.4 Å². The number of amides is 2. The third-order valence-electron chi connectivity index (χ3n) is 3.20. The maximum atomic E-state index is 12.0. The summed E-state index contributed by atoms with van der Waals surface area (Å²) in [5.41, 5.74) is 1.50. The lowest BCUT2D eigenvalue weighted by Gasteiger charge is -2.08. The van der Waals surface area contributed by atoms with Crippen LogP contribution < -0.4 is 10.6 Å². The van der Waals surface area contributed by atoms with E-state index in [1.807, 2.05) is 0 Å². The van der Waals surface area contributed by atoms with Crippen molar-refractivity contribution in [1.29, 1.82) is 0 Å². The Labute approximate surface area is 126 Å². The fraction of sp³-hybridized carbons (Fsp3) is 0.200. The van der Waals surface area contributed by atoms with Crippen molar-refractivity contribution in [2.75, 3.05) is 10.6 Å². The van der Waals surface area contributed by atoms with Crippen LogP contribution in [0, 0.1) is 5.92 Å². The van der Waals surface area contributed by atoms with Gasteiger partial charge in [0.15, 0.2) is 0 Å². The van der Waals surface area contributed by atoms with Gasteiger partial charge in [-0.2, -0.15) is 0 Å². The fourth-order valence-corrected chi connectivity index (χ4v) is 2.12. The van der Waals surface area contributed by atoms with Crippen molar-refractivity contribution in [3.05, 3.63) is 47.4 Å². The van der Waals surface area contributed by atoms with Gasteiger partial charge in [-0.25, -0.2) is 0 Å². The third kappa shape index (κ3) is 3.25. The number of furan rings is 1. The first kappa shape index (κ1) is 13.7. The van der Waals surface area contributed by atoms with Crippen LogP contribution in [0.15, 0.2) is 41.0 Å². The van der Waals surface area contributed by atoms with Gasteiger partial charge in [-0.3, -0.25) is 9.59 Å². The van der Waals surface area contributed by atoms with Crippen molar-refractivity contribution in [2.45, 2.75) is 12.8 Å². The summed E-state index contributed by atoms with van der Waals surface area (Å²) in [6, 6.07) is 8.47. The van der Waals surface area contributed by atoms with Gasteiger partial charge >= 0.3 is 0 Å². The minimum atomic E-state index is -0.362. The molecule has 6 heteroatoms. The molecule has 1 fully saturated rings. The highest BCUT2D eigenvalue weighted by Crippen LogP contribution is 2.30. The zero-order valence-electron chi connectivity index (χ0n) is 11.1. The molecule has 1 aromatic heterocycles. The smallest absolute Gasteiger partial charge is 0.260 e. The van der Waals surface area contributed by atoms with E-state index in [4.69, 9.17) is 16.0 Å². The first-order chi connectivity index (χ1) is 10.1. The van der Waals surface area contributed by atoms with Crippen LogP contribution in [0.1, 0.15) is 23.2 Å². The van der Waals surface area contributed by atoms with Crippen molar-refractivity contribution >= 4 is 34.8 Å². The normalized spacial score (nSPS) is 13.8. The lowest BCUT2D eigenvalue weighted by molar-refractivity contribution is -0.117. The largest absolute Gasteiger partial charge is 0.452 e. The predicted molar refractivity (Wildman–Crippen MR) is 79.5 cm³/mol. The van der Waals surface area contributed by atoms with E-state index in [0.717, 1.165) is 12.8 Å². The van der Waals surface area contributed by atoms with Crippen LogP contribution >= 0.6 is 11.6 Å². The Bertz CT molecular complexity index is 692. The molecule has 21 heavy (non-hydrogen) atoms. The van der Waals surface area contributed by atoms with Crippen LogP contribution in [0.2, 0.25) is 5.22 Å². The van der Waals surface area contributed by atoms with Gasteiger partial charge in [0.1, 0.15) is 0 Å². The molecule has 2 N–H and O–H groups in total. The number of benzene rings is 1. The minimum Gasteiger partial charge on any atom is -0.452 e. The number of carbonyl (C=O) groups is 2. The van der Waals surface area contributed by atoms with Gasteiger partial charge in [0.05, 0.1) is 11.8 Å². The Balaban J connectivity index is 1.69. The lowest BCUT2D eigenvalue weighted by atomic mass is 10.2. The topological polar surface area (TPSA) is 71.3 Å². The molecule has 0 bridgehead atoms. The Morgan fingerprint density at radius 2 is 1.86 bits per heavy atom. The SMILES string of the molecule is O=C(Nc1cccc(NC(=O)C2CC2)c1)c1ccoc1Cl. The standard InChI is InChI=1S/C15H13ClN2O3/c16-13-12(6-7-21-13)15(20)18-11-3-1-2-10(8-11)17-14(19)9-4-5-9/h1-3,6-9H,4-5H2,(H,17,19)(H,18,20). The van der Waals surface area contributed by atoms with Crippen molar-refractivity contribution < 1.29 is 14.0 Å². The number of hydrogen-bond donors (Lipinski definition) is 2. The monoisotopic (exact) mass is 304 g/mol. The van der Waals surface area contributed by atoms with Crippen molar-refractivity contribution in [3.63, 3.8) is 0 Å². The van der Waals surface area contributed by atoms with E-state index < -0.39 is 0 Å². The highest BCUT2D eigenvalue weighted by Gasteiger charge is 2.29. The second kappa shape index (κ2) is 5.61.